The first kappa shape index (κ1) is 14.3. The number of benzene rings is 1. The highest BCUT2D eigenvalue weighted by atomic mass is 16.1. The van der Waals surface area contributed by atoms with E-state index in [0.717, 1.165) is 35.6 Å². The lowest BCUT2D eigenvalue weighted by Gasteiger charge is -2.07. The summed E-state index contributed by atoms with van der Waals surface area (Å²) < 4.78 is 1.88. The standard InChI is InChI=1S/C16H21N3O/c1-4-5-16(20)13-6-8-14(9-7-13)17-11-15-10-12(2)18-19(15)3/h6-10,17H,4-5,11H2,1-3H3. The van der Waals surface area contributed by atoms with Gasteiger partial charge in [0.15, 0.2) is 5.78 Å². The smallest absolute Gasteiger partial charge is 0.162 e. The third-order valence-corrected chi connectivity index (χ3v) is 3.26. The van der Waals surface area contributed by atoms with Crippen molar-refractivity contribution in [1.29, 1.82) is 0 Å². The van der Waals surface area contributed by atoms with Crippen LogP contribution in [0.1, 0.15) is 41.5 Å². The molecule has 0 radical (unpaired) electrons. The SMILES string of the molecule is CCCC(=O)c1ccc(NCc2cc(C)nn2C)cc1. The minimum Gasteiger partial charge on any atom is -0.379 e. The van der Waals surface area contributed by atoms with E-state index in [4.69, 9.17) is 0 Å². The third-order valence-electron chi connectivity index (χ3n) is 3.26. The Morgan fingerprint density at radius 2 is 2.00 bits per heavy atom. The van der Waals surface area contributed by atoms with E-state index in [1.54, 1.807) is 0 Å². The average Bonchev–Trinajstić information content (AvgIpc) is 2.75. The number of hydrogen-bond donors (Lipinski definition) is 1. The monoisotopic (exact) mass is 271 g/mol. The molecule has 106 valence electrons. The Balaban J connectivity index is 1.97. The number of aryl methyl sites for hydroxylation is 2. The topological polar surface area (TPSA) is 46.9 Å². The molecule has 1 aromatic heterocycles. The van der Waals surface area contributed by atoms with Gasteiger partial charge in [-0.3, -0.25) is 9.48 Å². The number of carbonyl (C=O) groups is 1. The molecule has 1 heterocycles. The number of carbonyl (C=O) groups excluding carboxylic acids is 1. The molecule has 1 aromatic carbocycles. The molecule has 0 spiro atoms. The molecule has 1 N–H and O–H groups in total. The number of rotatable bonds is 6. The van der Waals surface area contributed by atoms with E-state index in [0.29, 0.717) is 6.42 Å². The summed E-state index contributed by atoms with van der Waals surface area (Å²) in [6.45, 7) is 4.72. The fourth-order valence-electron chi connectivity index (χ4n) is 2.17. The Bertz CT molecular complexity index is 584. The Labute approximate surface area is 119 Å². The molecule has 0 saturated heterocycles. The fraction of sp³-hybridized carbons (Fsp3) is 0.375. The molecule has 20 heavy (non-hydrogen) atoms. The van der Waals surface area contributed by atoms with Crippen LogP contribution < -0.4 is 5.32 Å². The summed E-state index contributed by atoms with van der Waals surface area (Å²) in [4.78, 5) is 11.8. The van der Waals surface area contributed by atoms with Crippen LogP contribution in [0.25, 0.3) is 0 Å². The molecule has 4 nitrogen and oxygen atoms in total. The molecule has 0 atom stereocenters. The van der Waals surface area contributed by atoms with Crippen molar-refractivity contribution in [3.05, 3.63) is 47.3 Å². The molecule has 0 unspecified atom stereocenters. The number of anilines is 1. The number of nitrogens with zero attached hydrogens (tertiary/aromatic N) is 2. The maximum atomic E-state index is 11.8. The molecule has 0 amide bonds. The van der Waals surface area contributed by atoms with Crippen LogP contribution in [0.4, 0.5) is 5.69 Å². The van der Waals surface area contributed by atoms with Gasteiger partial charge in [-0.15, -0.1) is 0 Å². The minimum atomic E-state index is 0.210. The lowest BCUT2D eigenvalue weighted by atomic mass is 10.1. The van der Waals surface area contributed by atoms with Crippen LogP contribution in [0.3, 0.4) is 0 Å². The van der Waals surface area contributed by atoms with Crippen molar-refractivity contribution in [1.82, 2.24) is 9.78 Å². The van der Waals surface area contributed by atoms with Gasteiger partial charge < -0.3 is 5.32 Å². The molecular formula is C16H21N3O. The van der Waals surface area contributed by atoms with Gasteiger partial charge in [0.25, 0.3) is 0 Å². The van der Waals surface area contributed by atoms with Crippen LogP contribution in [0, 0.1) is 6.92 Å². The Morgan fingerprint density at radius 1 is 1.30 bits per heavy atom. The van der Waals surface area contributed by atoms with Crippen molar-refractivity contribution in [2.75, 3.05) is 5.32 Å². The van der Waals surface area contributed by atoms with Gasteiger partial charge >= 0.3 is 0 Å². The quantitative estimate of drug-likeness (QED) is 0.820. The molecule has 0 aliphatic rings. The van der Waals surface area contributed by atoms with Crippen molar-refractivity contribution in [3.8, 4) is 0 Å². The van der Waals surface area contributed by atoms with E-state index in [1.807, 2.05) is 49.8 Å². The number of Topliss-reactive ketones (excluding diaryl/α,β-unsaturated/α-hetero) is 1. The molecule has 2 aromatic rings. The first-order valence-corrected chi connectivity index (χ1v) is 6.97. The molecular weight excluding hydrogens is 250 g/mol. The van der Waals surface area contributed by atoms with Gasteiger partial charge in [0.05, 0.1) is 17.9 Å². The van der Waals surface area contributed by atoms with Crippen molar-refractivity contribution in [2.24, 2.45) is 7.05 Å². The van der Waals surface area contributed by atoms with Crippen molar-refractivity contribution < 1.29 is 4.79 Å². The zero-order valence-corrected chi connectivity index (χ0v) is 12.3. The average molecular weight is 271 g/mol. The Kier molecular flexibility index (Phi) is 4.56. The van der Waals surface area contributed by atoms with Gasteiger partial charge in [-0.2, -0.15) is 5.10 Å². The summed E-state index contributed by atoms with van der Waals surface area (Å²) in [5, 5.41) is 7.65. The lowest BCUT2D eigenvalue weighted by molar-refractivity contribution is 0.0982. The Morgan fingerprint density at radius 3 is 2.55 bits per heavy atom. The fourth-order valence-corrected chi connectivity index (χ4v) is 2.17. The summed E-state index contributed by atoms with van der Waals surface area (Å²) in [6, 6.07) is 9.73. The van der Waals surface area contributed by atoms with Crippen molar-refractivity contribution in [2.45, 2.75) is 33.2 Å². The number of nitrogens with one attached hydrogen (secondary N) is 1. The van der Waals surface area contributed by atoms with E-state index < -0.39 is 0 Å². The highest BCUT2D eigenvalue weighted by molar-refractivity contribution is 5.96. The van der Waals surface area contributed by atoms with Gasteiger partial charge in [0.2, 0.25) is 0 Å². The maximum Gasteiger partial charge on any atom is 0.162 e. The first-order valence-electron chi connectivity index (χ1n) is 6.97. The second-order valence-electron chi connectivity index (χ2n) is 5.00. The zero-order valence-electron chi connectivity index (χ0n) is 12.3. The minimum absolute atomic E-state index is 0.210. The lowest BCUT2D eigenvalue weighted by Crippen LogP contribution is -2.05. The summed E-state index contributed by atoms with van der Waals surface area (Å²) in [5.41, 5.74) is 3.95. The number of hydrogen-bond acceptors (Lipinski definition) is 3. The summed E-state index contributed by atoms with van der Waals surface area (Å²) in [6.07, 6.45) is 1.50. The van der Waals surface area contributed by atoms with Gasteiger partial charge in [-0.1, -0.05) is 6.92 Å². The van der Waals surface area contributed by atoms with Crippen LogP contribution in [-0.2, 0) is 13.6 Å². The zero-order chi connectivity index (χ0) is 14.5. The molecule has 0 fully saturated rings. The van der Waals surface area contributed by atoms with E-state index >= 15 is 0 Å². The highest BCUT2D eigenvalue weighted by Crippen LogP contribution is 2.13. The maximum absolute atomic E-state index is 11.8. The second kappa shape index (κ2) is 6.37. The van der Waals surface area contributed by atoms with Crippen LogP contribution in [0.2, 0.25) is 0 Å². The van der Waals surface area contributed by atoms with Gasteiger partial charge in [-0.25, -0.2) is 0 Å². The predicted octanol–water partition coefficient (Wildman–Crippen LogP) is 3.32. The van der Waals surface area contributed by atoms with Crippen LogP contribution in [0.15, 0.2) is 30.3 Å². The van der Waals surface area contributed by atoms with Gasteiger partial charge in [0.1, 0.15) is 0 Å². The first-order chi connectivity index (χ1) is 9.60. The van der Waals surface area contributed by atoms with Gasteiger partial charge in [0, 0.05) is 24.7 Å². The summed E-state index contributed by atoms with van der Waals surface area (Å²) in [5.74, 6) is 0.210. The number of ketones is 1. The van der Waals surface area contributed by atoms with Crippen molar-refractivity contribution in [3.63, 3.8) is 0 Å². The van der Waals surface area contributed by atoms with E-state index in [1.165, 1.54) is 0 Å². The molecule has 0 aliphatic carbocycles. The van der Waals surface area contributed by atoms with Crippen LogP contribution >= 0.6 is 0 Å². The summed E-state index contributed by atoms with van der Waals surface area (Å²) in [7, 11) is 1.94. The van der Waals surface area contributed by atoms with Crippen molar-refractivity contribution >= 4 is 11.5 Å². The second-order valence-corrected chi connectivity index (χ2v) is 5.00. The molecule has 0 saturated carbocycles. The largest absolute Gasteiger partial charge is 0.379 e. The molecule has 2 rings (SSSR count). The van der Waals surface area contributed by atoms with E-state index in [2.05, 4.69) is 16.5 Å². The van der Waals surface area contributed by atoms with Crippen LogP contribution in [-0.4, -0.2) is 15.6 Å². The van der Waals surface area contributed by atoms with E-state index in [9.17, 15) is 4.79 Å². The molecule has 0 bridgehead atoms. The summed E-state index contributed by atoms with van der Waals surface area (Å²) >= 11 is 0. The third kappa shape index (κ3) is 3.47. The highest BCUT2D eigenvalue weighted by Gasteiger charge is 2.05. The number of aromatic nitrogens is 2. The molecule has 0 aliphatic heterocycles. The normalized spacial score (nSPS) is 10.6. The predicted molar refractivity (Wildman–Crippen MR) is 81.0 cm³/mol. The van der Waals surface area contributed by atoms with E-state index in [-0.39, 0.29) is 5.78 Å². The van der Waals surface area contributed by atoms with Gasteiger partial charge in [-0.05, 0) is 43.7 Å². The molecule has 4 heteroatoms. The van der Waals surface area contributed by atoms with Crippen LogP contribution in [0.5, 0.6) is 0 Å². The Hall–Kier alpha value is -2.10.